The topological polar surface area (TPSA) is 93.5 Å². The van der Waals surface area contributed by atoms with Gasteiger partial charge in [-0.1, -0.05) is 18.2 Å². The normalized spacial score (nSPS) is 10.6. The summed E-state index contributed by atoms with van der Waals surface area (Å²) >= 11 is 5.59. The second-order valence-corrected chi connectivity index (χ2v) is 6.84. The highest BCUT2D eigenvalue weighted by molar-refractivity contribution is 6.30. The third-order valence-corrected chi connectivity index (χ3v) is 4.35. The highest BCUT2D eigenvalue weighted by atomic mass is 35.5. The minimum atomic E-state index is -0.632. The molecule has 2 aromatic carbocycles. The van der Waals surface area contributed by atoms with E-state index < -0.39 is 11.7 Å². The Morgan fingerprint density at radius 3 is 2.83 bits per heavy atom. The Morgan fingerprint density at radius 1 is 1.27 bits per heavy atom. The van der Waals surface area contributed by atoms with Crippen molar-refractivity contribution >= 4 is 34.5 Å². The predicted octanol–water partition coefficient (Wildman–Crippen LogP) is 3.76. The van der Waals surface area contributed by atoms with Crippen molar-refractivity contribution in [2.24, 2.45) is 0 Å². The predicted molar refractivity (Wildman–Crippen MR) is 110 cm³/mol. The van der Waals surface area contributed by atoms with Crippen molar-refractivity contribution in [3.63, 3.8) is 0 Å². The van der Waals surface area contributed by atoms with Crippen LogP contribution in [-0.2, 0) is 4.79 Å². The molecule has 0 unspecified atom stereocenters. The smallest absolute Gasteiger partial charge is 0.262 e. The van der Waals surface area contributed by atoms with Gasteiger partial charge in [0.1, 0.15) is 17.1 Å². The molecule has 3 aromatic rings. The van der Waals surface area contributed by atoms with E-state index in [0.29, 0.717) is 34.7 Å². The van der Waals surface area contributed by atoms with Gasteiger partial charge in [0, 0.05) is 37.2 Å². The molecule has 0 aliphatic carbocycles. The Hall–Kier alpha value is -3.39. The fourth-order valence-electron chi connectivity index (χ4n) is 2.62. The summed E-state index contributed by atoms with van der Waals surface area (Å²) in [7, 11) is 0. The first-order chi connectivity index (χ1) is 14.3. The molecule has 0 radical (unpaired) electrons. The average Bonchev–Trinajstić information content (AvgIpc) is 3.08. The largest absolute Gasteiger partial charge is 0.484 e. The first kappa shape index (κ1) is 21.3. The van der Waals surface area contributed by atoms with E-state index in [-0.39, 0.29) is 29.8 Å². The van der Waals surface area contributed by atoms with Gasteiger partial charge in [0.15, 0.2) is 18.1 Å². The van der Waals surface area contributed by atoms with Crippen molar-refractivity contribution in [1.82, 2.24) is 15.6 Å². The summed E-state index contributed by atoms with van der Waals surface area (Å²) in [5.41, 5.74) is 2.07. The molecule has 0 spiro atoms. The molecule has 0 atom stereocenters. The van der Waals surface area contributed by atoms with Crippen LogP contribution in [0.25, 0.3) is 11.1 Å². The summed E-state index contributed by atoms with van der Waals surface area (Å²) in [5, 5.41) is 5.28. The monoisotopic (exact) mass is 431 g/mol. The summed E-state index contributed by atoms with van der Waals surface area (Å²) < 4.78 is 24.0. The summed E-state index contributed by atoms with van der Waals surface area (Å²) in [6.07, 6.45) is 0.330. The van der Waals surface area contributed by atoms with E-state index in [1.54, 1.807) is 25.1 Å². The van der Waals surface area contributed by atoms with Gasteiger partial charge in [0.05, 0.1) is 5.02 Å². The van der Waals surface area contributed by atoms with Crippen molar-refractivity contribution in [1.29, 1.82) is 0 Å². The van der Waals surface area contributed by atoms with Crippen LogP contribution in [0.15, 0.2) is 53.1 Å². The molecular weight excluding hydrogens is 413 g/mol. The molecule has 156 valence electrons. The van der Waals surface area contributed by atoms with E-state index in [4.69, 9.17) is 20.8 Å². The molecule has 7 nitrogen and oxygen atoms in total. The number of carbonyl (C=O) groups excluding carboxylic acids is 2. The van der Waals surface area contributed by atoms with E-state index in [1.807, 2.05) is 0 Å². The fourth-order valence-corrected chi connectivity index (χ4v) is 2.74. The lowest BCUT2D eigenvalue weighted by atomic mass is 10.2. The molecule has 0 aliphatic rings. The van der Waals surface area contributed by atoms with Gasteiger partial charge in [0.2, 0.25) is 0 Å². The lowest BCUT2D eigenvalue weighted by Crippen LogP contribution is -2.31. The van der Waals surface area contributed by atoms with Gasteiger partial charge in [-0.2, -0.15) is 0 Å². The third kappa shape index (κ3) is 5.57. The number of nitrogens with one attached hydrogen (secondary N) is 2. The number of hydrogen-bond acceptors (Lipinski definition) is 5. The van der Waals surface area contributed by atoms with Gasteiger partial charge in [-0.15, -0.1) is 0 Å². The highest BCUT2D eigenvalue weighted by Crippen LogP contribution is 2.20. The molecular formula is C21H19ClFN3O4. The van der Waals surface area contributed by atoms with Gasteiger partial charge in [0.25, 0.3) is 11.8 Å². The van der Waals surface area contributed by atoms with Crippen LogP contribution in [0.4, 0.5) is 4.39 Å². The van der Waals surface area contributed by atoms with Crippen LogP contribution >= 0.6 is 11.6 Å². The fraction of sp³-hybridized carbons (Fsp3) is 0.190. The van der Waals surface area contributed by atoms with Gasteiger partial charge >= 0.3 is 0 Å². The highest BCUT2D eigenvalue weighted by Gasteiger charge is 2.10. The van der Waals surface area contributed by atoms with Crippen LogP contribution in [0.5, 0.6) is 5.75 Å². The molecule has 2 amide bonds. The standard InChI is InChI=1S/C21H19ClFN3O4/c1-12(25-20(27)11-29-15-4-5-16(22)17(23)10-15)7-8-24-21(28)14-3-6-18-19(9-14)30-13(2)26-18/h3-6,9-10H,1,7-8,11H2,2H3,(H,24,28)(H,25,27). The number of halogens is 2. The number of benzene rings is 2. The molecule has 1 aromatic heterocycles. The summed E-state index contributed by atoms with van der Waals surface area (Å²) in [5.74, 6) is -0.651. The first-order valence-electron chi connectivity index (χ1n) is 9.02. The minimum absolute atomic E-state index is 0.0295. The van der Waals surface area contributed by atoms with Gasteiger partial charge in [-0.25, -0.2) is 9.37 Å². The van der Waals surface area contributed by atoms with Crippen molar-refractivity contribution in [3.8, 4) is 5.75 Å². The molecule has 0 bridgehead atoms. The van der Waals surface area contributed by atoms with Crippen LogP contribution in [-0.4, -0.2) is 29.9 Å². The second kappa shape index (κ2) is 9.41. The number of ether oxygens (including phenoxy) is 1. The molecule has 30 heavy (non-hydrogen) atoms. The van der Waals surface area contributed by atoms with E-state index in [2.05, 4.69) is 22.2 Å². The zero-order chi connectivity index (χ0) is 21.7. The Morgan fingerprint density at radius 2 is 2.07 bits per heavy atom. The van der Waals surface area contributed by atoms with Crippen LogP contribution in [0.2, 0.25) is 5.02 Å². The number of aryl methyl sites for hydroxylation is 1. The maximum Gasteiger partial charge on any atom is 0.262 e. The Balaban J connectivity index is 1.40. The molecule has 0 saturated heterocycles. The zero-order valence-corrected chi connectivity index (χ0v) is 16.9. The number of carbonyl (C=O) groups is 2. The number of fused-ring (bicyclic) bond motifs is 1. The zero-order valence-electron chi connectivity index (χ0n) is 16.1. The molecule has 2 N–H and O–H groups in total. The molecule has 0 aliphatic heterocycles. The van der Waals surface area contributed by atoms with Gasteiger partial charge in [-0.3, -0.25) is 9.59 Å². The number of nitrogens with zero attached hydrogens (tertiary/aromatic N) is 1. The lowest BCUT2D eigenvalue weighted by molar-refractivity contribution is -0.122. The van der Waals surface area contributed by atoms with Crippen molar-refractivity contribution in [3.05, 3.63) is 71.0 Å². The quantitative estimate of drug-likeness (QED) is 0.566. The SMILES string of the molecule is C=C(CCNC(=O)c1ccc2nc(C)oc2c1)NC(=O)COc1ccc(Cl)c(F)c1. The van der Waals surface area contributed by atoms with E-state index >= 15 is 0 Å². The van der Waals surface area contributed by atoms with Crippen molar-refractivity contribution in [2.45, 2.75) is 13.3 Å². The van der Waals surface area contributed by atoms with Gasteiger partial charge in [-0.05, 0) is 30.3 Å². The number of amides is 2. The molecule has 3 rings (SSSR count). The van der Waals surface area contributed by atoms with Gasteiger partial charge < -0.3 is 19.8 Å². The Bertz CT molecular complexity index is 1110. The van der Waals surface area contributed by atoms with Crippen molar-refractivity contribution < 1.29 is 23.1 Å². The van der Waals surface area contributed by atoms with Crippen LogP contribution in [0.1, 0.15) is 22.7 Å². The maximum absolute atomic E-state index is 13.3. The van der Waals surface area contributed by atoms with E-state index in [9.17, 15) is 14.0 Å². The second-order valence-electron chi connectivity index (χ2n) is 6.44. The third-order valence-electron chi connectivity index (χ3n) is 4.05. The molecule has 1 heterocycles. The summed E-state index contributed by atoms with van der Waals surface area (Å²) in [6, 6.07) is 8.89. The number of aromatic nitrogens is 1. The maximum atomic E-state index is 13.3. The Kier molecular flexibility index (Phi) is 6.68. The van der Waals surface area contributed by atoms with Crippen LogP contribution in [0.3, 0.4) is 0 Å². The van der Waals surface area contributed by atoms with Crippen LogP contribution in [0, 0.1) is 12.7 Å². The van der Waals surface area contributed by atoms with E-state index in [0.717, 1.165) is 6.07 Å². The number of oxazole rings is 1. The Labute approximate surface area is 176 Å². The molecule has 0 saturated carbocycles. The lowest BCUT2D eigenvalue weighted by Gasteiger charge is -2.11. The summed E-state index contributed by atoms with van der Waals surface area (Å²) in [4.78, 5) is 28.3. The number of hydrogen-bond donors (Lipinski definition) is 2. The minimum Gasteiger partial charge on any atom is -0.484 e. The van der Waals surface area contributed by atoms with E-state index in [1.165, 1.54) is 12.1 Å². The summed E-state index contributed by atoms with van der Waals surface area (Å²) in [6.45, 7) is 5.44. The first-order valence-corrected chi connectivity index (χ1v) is 9.40. The van der Waals surface area contributed by atoms with Crippen molar-refractivity contribution in [2.75, 3.05) is 13.2 Å². The number of rotatable bonds is 8. The molecule has 9 heteroatoms. The van der Waals surface area contributed by atoms with Crippen LogP contribution < -0.4 is 15.4 Å². The average molecular weight is 432 g/mol. The molecule has 0 fully saturated rings.